The lowest BCUT2D eigenvalue weighted by Crippen LogP contribution is -2.66. The van der Waals surface area contributed by atoms with Crippen molar-refractivity contribution in [2.24, 2.45) is 5.92 Å². The van der Waals surface area contributed by atoms with E-state index in [0.717, 1.165) is 5.56 Å². The highest BCUT2D eigenvalue weighted by atomic mass is 19.1. The molecule has 0 spiro atoms. The van der Waals surface area contributed by atoms with Crippen molar-refractivity contribution in [1.29, 1.82) is 0 Å². The predicted octanol–water partition coefficient (Wildman–Crippen LogP) is 2.77. The molecule has 0 N–H and O–H groups in total. The fourth-order valence-electron chi connectivity index (χ4n) is 2.93. The standard InChI is InChI=1S/C17H24FNO3/c1-3-21-17(22-4-2)15-14(10-11-18)16(20)19(15)12-13-8-6-5-7-9-13/h5-9,14-15,17H,3-4,10-12H2,1-2H3. The van der Waals surface area contributed by atoms with Crippen molar-refractivity contribution in [2.75, 3.05) is 19.9 Å². The lowest BCUT2D eigenvalue weighted by atomic mass is 9.83. The number of benzene rings is 1. The van der Waals surface area contributed by atoms with Gasteiger partial charge in [0.2, 0.25) is 5.91 Å². The molecule has 1 fully saturated rings. The number of carbonyl (C=O) groups is 1. The highest BCUT2D eigenvalue weighted by Crippen LogP contribution is 2.35. The van der Waals surface area contributed by atoms with Gasteiger partial charge in [-0.05, 0) is 25.8 Å². The molecule has 1 heterocycles. The molecule has 2 atom stereocenters. The summed E-state index contributed by atoms with van der Waals surface area (Å²) < 4.78 is 24.0. The van der Waals surface area contributed by atoms with E-state index >= 15 is 0 Å². The van der Waals surface area contributed by atoms with Crippen LogP contribution in [-0.2, 0) is 20.8 Å². The molecule has 5 heteroatoms. The molecule has 1 aliphatic rings. The Labute approximate surface area is 131 Å². The smallest absolute Gasteiger partial charge is 0.228 e. The van der Waals surface area contributed by atoms with E-state index in [0.29, 0.717) is 19.8 Å². The first kappa shape index (κ1) is 16.9. The van der Waals surface area contributed by atoms with E-state index in [-0.39, 0.29) is 24.3 Å². The van der Waals surface area contributed by atoms with Crippen molar-refractivity contribution < 1.29 is 18.7 Å². The van der Waals surface area contributed by atoms with E-state index in [4.69, 9.17) is 9.47 Å². The third-order valence-corrected chi connectivity index (χ3v) is 3.93. The lowest BCUT2D eigenvalue weighted by molar-refractivity contribution is -0.218. The fraction of sp³-hybridized carbons (Fsp3) is 0.588. The first-order chi connectivity index (χ1) is 10.7. The SMILES string of the molecule is CCOC(OCC)C1C(CCF)C(=O)N1Cc1ccccc1. The molecular weight excluding hydrogens is 285 g/mol. The van der Waals surface area contributed by atoms with Crippen molar-refractivity contribution >= 4 is 5.91 Å². The van der Waals surface area contributed by atoms with Crippen LogP contribution in [0.15, 0.2) is 30.3 Å². The van der Waals surface area contributed by atoms with Crippen LogP contribution in [0.25, 0.3) is 0 Å². The summed E-state index contributed by atoms with van der Waals surface area (Å²) in [5, 5.41) is 0. The summed E-state index contributed by atoms with van der Waals surface area (Å²) in [6.07, 6.45) is -0.265. The second-order valence-corrected chi connectivity index (χ2v) is 5.31. The summed E-state index contributed by atoms with van der Waals surface area (Å²) in [7, 11) is 0. The van der Waals surface area contributed by atoms with Crippen molar-refractivity contribution in [2.45, 2.75) is 39.1 Å². The number of amides is 1. The average molecular weight is 309 g/mol. The Bertz CT molecular complexity index is 462. The van der Waals surface area contributed by atoms with Crippen molar-refractivity contribution in [1.82, 2.24) is 4.90 Å². The zero-order valence-corrected chi connectivity index (χ0v) is 13.2. The number of alkyl halides is 1. The van der Waals surface area contributed by atoms with Gasteiger partial charge in [-0.2, -0.15) is 0 Å². The van der Waals surface area contributed by atoms with Crippen LogP contribution < -0.4 is 0 Å². The van der Waals surface area contributed by atoms with Crippen LogP contribution in [0.5, 0.6) is 0 Å². The molecule has 1 aliphatic heterocycles. The Kier molecular flexibility index (Phi) is 6.34. The van der Waals surface area contributed by atoms with Crippen molar-refractivity contribution in [3.05, 3.63) is 35.9 Å². The molecule has 1 aromatic carbocycles. The number of halogens is 1. The molecule has 1 amide bonds. The zero-order valence-electron chi connectivity index (χ0n) is 13.2. The Morgan fingerprint density at radius 1 is 1.18 bits per heavy atom. The molecule has 122 valence electrons. The van der Waals surface area contributed by atoms with Crippen LogP contribution in [0, 0.1) is 5.92 Å². The van der Waals surface area contributed by atoms with E-state index in [2.05, 4.69) is 0 Å². The highest BCUT2D eigenvalue weighted by Gasteiger charge is 2.51. The monoisotopic (exact) mass is 309 g/mol. The van der Waals surface area contributed by atoms with Crippen molar-refractivity contribution in [3.63, 3.8) is 0 Å². The molecule has 0 radical (unpaired) electrons. The molecule has 0 bridgehead atoms. The van der Waals surface area contributed by atoms with Gasteiger partial charge in [0.05, 0.1) is 18.6 Å². The number of nitrogens with zero attached hydrogens (tertiary/aromatic N) is 1. The van der Waals surface area contributed by atoms with E-state index in [9.17, 15) is 9.18 Å². The van der Waals surface area contributed by atoms with Crippen LogP contribution in [-0.4, -0.2) is 43.0 Å². The molecule has 1 saturated heterocycles. The van der Waals surface area contributed by atoms with Gasteiger partial charge in [-0.1, -0.05) is 30.3 Å². The van der Waals surface area contributed by atoms with E-state index in [1.807, 2.05) is 44.2 Å². The lowest BCUT2D eigenvalue weighted by Gasteiger charge is -2.49. The summed E-state index contributed by atoms with van der Waals surface area (Å²) in [5.74, 6) is -0.368. The van der Waals surface area contributed by atoms with Gasteiger partial charge in [0.25, 0.3) is 0 Å². The van der Waals surface area contributed by atoms with Gasteiger partial charge in [0.15, 0.2) is 6.29 Å². The number of hydrogen-bond donors (Lipinski definition) is 0. The summed E-state index contributed by atoms with van der Waals surface area (Å²) in [6.45, 7) is 4.77. The van der Waals surface area contributed by atoms with Crippen LogP contribution in [0.1, 0.15) is 25.8 Å². The predicted molar refractivity (Wildman–Crippen MR) is 81.9 cm³/mol. The van der Waals surface area contributed by atoms with Crippen LogP contribution in [0.4, 0.5) is 4.39 Å². The van der Waals surface area contributed by atoms with Crippen molar-refractivity contribution in [3.8, 4) is 0 Å². The highest BCUT2D eigenvalue weighted by molar-refractivity contribution is 5.86. The van der Waals surface area contributed by atoms with E-state index in [1.165, 1.54) is 0 Å². The maximum Gasteiger partial charge on any atom is 0.228 e. The summed E-state index contributed by atoms with van der Waals surface area (Å²) in [4.78, 5) is 14.1. The maximum atomic E-state index is 12.7. The van der Waals surface area contributed by atoms with Gasteiger partial charge in [0.1, 0.15) is 0 Å². The average Bonchev–Trinajstić information content (AvgIpc) is 2.54. The minimum atomic E-state index is -0.503. The normalized spacial score (nSPS) is 21.3. The third-order valence-electron chi connectivity index (χ3n) is 3.93. The Hall–Kier alpha value is -1.46. The van der Waals surface area contributed by atoms with Gasteiger partial charge >= 0.3 is 0 Å². The second kappa shape index (κ2) is 8.25. The van der Waals surface area contributed by atoms with Gasteiger partial charge in [-0.3, -0.25) is 9.18 Å². The largest absolute Gasteiger partial charge is 0.351 e. The van der Waals surface area contributed by atoms with Crippen LogP contribution in [0.2, 0.25) is 0 Å². The Morgan fingerprint density at radius 3 is 2.36 bits per heavy atom. The molecule has 2 rings (SSSR count). The maximum absolute atomic E-state index is 12.7. The first-order valence-corrected chi connectivity index (χ1v) is 7.86. The summed E-state index contributed by atoms with van der Waals surface area (Å²) in [6, 6.07) is 9.55. The molecular formula is C17H24FNO3. The van der Waals surface area contributed by atoms with E-state index < -0.39 is 13.0 Å². The summed E-state index contributed by atoms with van der Waals surface area (Å²) in [5.41, 5.74) is 1.05. The quantitative estimate of drug-likeness (QED) is 0.520. The number of hydrogen-bond acceptors (Lipinski definition) is 3. The molecule has 0 aromatic heterocycles. The van der Waals surface area contributed by atoms with Gasteiger partial charge < -0.3 is 14.4 Å². The van der Waals surface area contributed by atoms with Gasteiger partial charge in [-0.15, -0.1) is 0 Å². The zero-order chi connectivity index (χ0) is 15.9. The molecule has 2 unspecified atom stereocenters. The number of β-lactam (4-membered cyclic amide) rings is 1. The minimum absolute atomic E-state index is 0.0177. The Morgan fingerprint density at radius 2 is 1.82 bits per heavy atom. The number of ether oxygens (including phenoxy) is 2. The molecule has 0 aliphatic carbocycles. The Balaban J connectivity index is 2.13. The molecule has 0 saturated carbocycles. The van der Waals surface area contributed by atoms with Crippen LogP contribution in [0.3, 0.4) is 0 Å². The molecule has 22 heavy (non-hydrogen) atoms. The first-order valence-electron chi connectivity index (χ1n) is 7.86. The topological polar surface area (TPSA) is 38.8 Å². The van der Waals surface area contributed by atoms with Gasteiger partial charge in [-0.25, -0.2) is 0 Å². The van der Waals surface area contributed by atoms with Gasteiger partial charge in [0, 0.05) is 19.8 Å². The van der Waals surface area contributed by atoms with E-state index in [1.54, 1.807) is 4.90 Å². The third kappa shape index (κ3) is 3.65. The number of likely N-dealkylation sites (tertiary alicyclic amines) is 1. The number of carbonyl (C=O) groups excluding carboxylic acids is 1. The van der Waals surface area contributed by atoms with Crippen LogP contribution >= 0.6 is 0 Å². The fourth-order valence-corrected chi connectivity index (χ4v) is 2.93. The number of rotatable bonds is 9. The second-order valence-electron chi connectivity index (χ2n) is 5.31. The molecule has 4 nitrogen and oxygen atoms in total. The minimum Gasteiger partial charge on any atom is -0.351 e. The molecule has 1 aromatic rings. The summed E-state index contributed by atoms with van der Waals surface area (Å²) >= 11 is 0.